The third kappa shape index (κ3) is 3.94. The molecule has 29 heavy (non-hydrogen) atoms. The largest absolute Gasteiger partial charge is 0.496 e. The summed E-state index contributed by atoms with van der Waals surface area (Å²) in [6.07, 6.45) is 2.56. The average molecular weight is 388 g/mol. The first-order chi connectivity index (χ1) is 14.2. The molecule has 0 unspecified atom stereocenters. The van der Waals surface area contributed by atoms with Gasteiger partial charge in [0, 0.05) is 36.3 Å². The van der Waals surface area contributed by atoms with E-state index in [-0.39, 0.29) is 11.8 Å². The van der Waals surface area contributed by atoms with E-state index in [1.165, 1.54) is 0 Å². The van der Waals surface area contributed by atoms with Gasteiger partial charge in [-0.1, -0.05) is 30.3 Å². The molecule has 1 heterocycles. The molecule has 0 atom stereocenters. The molecule has 0 bridgehead atoms. The quantitative estimate of drug-likeness (QED) is 0.709. The highest BCUT2D eigenvalue weighted by Crippen LogP contribution is 2.28. The lowest BCUT2D eigenvalue weighted by Gasteiger charge is -2.26. The van der Waals surface area contributed by atoms with Gasteiger partial charge in [-0.3, -0.25) is 9.59 Å². The third-order valence-corrected chi connectivity index (χ3v) is 5.41. The Balaban J connectivity index is 1.49. The van der Waals surface area contributed by atoms with Crippen LogP contribution in [0.25, 0.3) is 10.8 Å². The molecule has 1 saturated heterocycles. The maximum absolute atomic E-state index is 12.7. The van der Waals surface area contributed by atoms with E-state index in [9.17, 15) is 9.59 Å². The van der Waals surface area contributed by atoms with Crippen LogP contribution in [0.15, 0.2) is 60.7 Å². The van der Waals surface area contributed by atoms with Crippen molar-refractivity contribution in [2.24, 2.45) is 0 Å². The van der Waals surface area contributed by atoms with Gasteiger partial charge < -0.3 is 15.0 Å². The molecule has 148 valence electrons. The Hall–Kier alpha value is -3.34. The number of piperidine rings is 1. The summed E-state index contributed by atoms with van der Waals surface area (Å²) < 4.78 is 5.50. The van der Waals surface area contributed by atoms with Crippen molar-refractivity contribution in [2.75, 3.05) is 18.6 Å². The van der Waals surface area contributed by atoms with Crippen molar-refractivity contribution in [3.05, 3.63) is 71.8 Å². The van der Waals surface area contributed by atoms with Crippen LogP contribution in [0.4, 0.5) is 5.69 Å². The van der Waals surface area contributed by atoms with Crippen LogP contribution >= 0.6 is 0 Å². The Labute approximate surface area is 170 Å². The molecular weight excluding hydrogens is 364 g/mol. The Kier molecular flexibility index (Phi) is 5.47. The molecule has 3 aromatic carbocycles. The normalized spacial score (nSPS) is 14.1. The first-order valence-corrected chi connectivity index (χ1v) is 9.90. The summed E-state index contributed by atoms with van der Waals surface area (Å²) in [6, 6.07) is 19.2. The fourth-order valence-corrected chi connectivity index (χ4v) is 3.83. The van der Waals surface area contributed by atoms with Gasteiger partial charge in [0.15, 0.2) is 0 Å². The first kappa shape index (κ1) is 19.0. The van der Waals surface area contributed by atoms with E-state index in [0.717, 1.165) is 47.2 Å². The smallest absolute Gasteiger partial charge is 0.251 e. The summed E-state index contributed by atoms with van der Waals surface area (Å²) >= 11 is 0. The monoisotopic (exact) mass is 388 g/mol. The van der Waals surface area contributed by atoms with E-state index in [0.29, 0.717) is 18.5 Å². The second kappa shape index (κ2) is 8.35. The van der Waals surface area contributed by atoms with Crippen molar-refractivity contribution in [1.29, 1.82) is 0 Å². The predicted molar refractivity (Wildman–Crippen MR) is 114 cm³/mol. The van der Waals surface area contributed by atoms with Crippen LogP contribution in [0.5, 0.6) is 5.75 Å². The fraction of sp³-hybridized carbons (Fsp3) is 0.250. The molecule has 0 aromatic heterocycles. The lowest BCUT2D eigenvalue weighted by atomic mass is 10.0. The maximum Gasteiger partial charge on any atom is 0.251 e. The van der Waals surface area contributed by atoms with Crippen LogP contribution in [0.2, 0.25) is 0 Å². The van der Waals surface area contributed by atoms with Crippen molar-refractivity contribution in [3.8, 4) is 5.75 Å². The molecule has 1 aliphatic rings. The van der Waals surface area contributed by atoms with Crippen molar-refractivity contribution in [1.82, 2.24) is 5.32 Å². The highest BCUT2D eigenvalue weighted by atomic mass is 16.5. The zero-order chi connectivity index (χ0) is 20.2. The minimum atomic E-state index is -0.156. The molecule has 1 N–H and O–H groups in total. The summed E-state index contributed by atoms with van der Waals surface area (Å²) in [5.41, 5.74) is 2.37. The van der Waals surface area contributed by atoms with Crippen LogP contribution < -0.4 is 15.0 Å². The standard InChI is InChI=1S/C24H24N2O3/c1-29-22-14-11-17-6-2-3-7-20(17)21(22)16-25-24(28)18-9-12-19(13-10-18)26-15-5-4-8-23(26)27/h2-3,6-7,9-14H,4-5,8,15-16H2,1H3,(H,25,28). The number of ether oxygens (including phenoxy) is 1. The van der Waals surface area contributed by atoms with Gasteiger partial charge in [0.05, 0.1) is 7.11 Å². The van der Waals surface area contributed by atoms with Gasteiger partial charge in [0.2, 0.25) is 5.91 Å². The highest BCUT2D eigenvalue weighted by Gasteiger charge is 2.19. The molecule has 3 aromatic rings. The fourth-order valence-electron chi connectivity index (χ4n) is 3.83. The van der Waals surface area contributed by atoms with Crippen LogP contribution in [0.3, 0.4) is 0 Å². The topological polar surface area (TPSA) is 58.6 Å². The number of carbonyl (C=O) groups is 2. The number of hydrogen-bond acceptors (Lipinski definition) is 3. The number of benzene rings is 3. The van der Waals surface area contributed by atoms with Crippen LogP contribution in [0, 0.1) is 0 Å². The van der Waals surface area contributed by atoms with Crippen LogP contribution in [-0.2, 0) is 11.3 Å². The van der Waals surface area contributed by atoms with Gasteiger partial charge >= 0.3 is 0 Å². The van der Waals surface area contributed by atoms with Gasteiger partial charge in [-0.05, 0) is 53.9 Å². The lowest BCUT2D eigenvalue weighted by molar-refractivity contribution is -0.119. The maximum atomic E-state index is 12.7. The van der Waals surface area contributed by atoms with Gasteiger partial charge in [0.1, 0.15) is 5.75 Å². The number of amides is 2. The van der Waals surface area contributed by atoms with E-state index in [1.54, 1.807) is 24.1 Å². The lowest BCUT2D eigenvalue weighted by Crippen LogP contribution is -2.35. The van der Waals surface area contributed by atoms with E-state index < -0.39 is 0 Å². The van der Waals surface area contributed by atoms with E-state index >= 15 is 0 Å². The van der Waals surface area contributed by atoms with Gasteiger partial charge in [-0.2, -0.15) is 0 Å². The van der Waals surface area contributed by atoms with E-state index in [2.05, 4.69) is 5.32 Å². The number of nitrogens with one attached hydrogen (secondary N) is 1. The number of fused-ring (bicyclic) bond motifs is 1. The summed E-state index contributed by atoms with van der Waals surface area (Å²) in [5, 5.41) is 5.16. The number of anilines is 1. The second-order valence-corrected chi connectivity index (χ2v) is 7.20. The van der Waals surface area contributed by atoms with Crippen LogP contribution in [0.1, 0.15) is 35.2 Å². The number of nitrogens with zero attached hydrogens (tertiary/aromatic N) is 1. The Morgan fingerprint density at radius 1 is 1.03 bits per heavy atom. The summed E-state index contributed by atoms with van der Waals surface area (Å²) in [7, 11) is 1.63. The molecule has 0 radical (unpaired) electrons. The minimum Gasteiger partial charge on any atom is -0.496 e. The summed E-state index contributed by atoms with van der Waals surface area (Å²) in [4.78, 5) is 26.5. The Bertz CT molecular complexity index is 1040. The molecule has 0 saturated carbocycles. The second-order valence-electron chi connectivity index (χ2n) is 7.20. The van der Waals surface area contributed by atoms with Gasteiger partial charge in [-0.15, -0.1) is 0 Å². The molecule has 5 nitrogen and oxygen atoms in total. The van der Waals surface area contributed by atoms with Crippen molar-refractivity contribution in [2.45, 2.75) is 25.8 Å². The number of methoxy groups -OCH3 is 1. The summed E-state index contributed by atoms with van der Waals surface area (Å²) in [6.45, 7) is 1.11. The van der Waals surface area contributed by atoms with E-state index in [4.69, 9.17) is 4.74 Å². The molecule has 4 rings (SSSR count). The molecular formula is C24H24N2O3. The van der Waals surface area contributed by atoms with Gasteiger partial charge in [0.25, 0.3) is 5.91 Å². The van der Waals surface area contributed by atoms with E-state index in [1.807, 2.05) is 48.5 Å². The molecule has 0 spiro atoms. The van der Waals surface area contributed by atoms with Gasteiger partial charge in [-0.25, -0.2) is 0 Å². The minimum absolute atomic E-state index is 0.150. The van der Waals surface area contributed by atoms with Crippen molar-refractivity contribution >= 4 is 28.3 Å². The SMILES string of the molecule is COc1ccc2ccccc2c1CNC(=O)c1ccc(N2CCCCC2=O)cc1. The third-order valence-electron chi connectivity index (χ3n) is 5.41. The molecule has 5 heteroatoms. The van der Waals surface area contributed by atoms with Crippen LogP contribution in [-0.4, -0.2) is 25.5 Å². The predicted octanol–water partition coefficient (Wildman–Crippen LogP) is 4.30. The first-order valence-electron chi connectivity index (χ1n) is 9.90. The zero-order valence-electron chi connectivity index (χ0n) is 16.5. The molecule has 1 fully saturated rings. The average Bonchev–Trinajstić information content (AvgIpc) is 2.77. The number of rotatable bonds is 5. The Morgan fingerprint density at radius 3 is 2.59 bits per heavy atom. The summed E-state index contributed by atoms with van der Waals surface area (Å²) in [5.74, 6) is 0.746. The van der Waals surface area contributed by atoms with Crippen molar-refractivity contribution in [3.63, 3.8) is 0 Å². The zero-order valence-corrected chi connectivity index (χ0v) is 16.5. The molecule has 1 aliphatic heterocycles. The highest BCUT2D eigenvalue weighted by molar-refractivity contribution is 5.97. The molecule has 0 aliphatic carbocycles. The Morgan fingerprint density at radius 2 is 1.83 bits per heavy atom. The number of carbonyl (C=O) groups excluding carboxylic acids is 2. The van der Waals surface area contributed by atoms with Crippen molar-refractivity contribution < 1.29 is 14.3 Å². The molecule has 2 amide bonds. The number of hydrogen-bond donors (Lipinski definition) is 1.